The van der Waals surface area contributed by atoms with Crippen molar-refractivity contribution in [3.8, 4) is 0 Å². The summed E-state index contributed by atoms with van der Waals surface area (Å²) in [5.41, 5.74) is 2.45. The maximum Gasteiger partial charge on any atom is 0.271 e. The summed E-state index contributed by atoms with van der Waals surface area (Å²) in [6.07, 6.45) is 0.129. The Morgan fingerprint density at radius 2 is 1.79 bits per heavy atom. The average molecular weight is 431 g/mol. The number of sulfonamides is 1. The van der Waals surface area contributed by atoms with Crippen LogP contribution in [0.5, 0.6) is 0 Å². The van der Waals surface area contributed by atoms with Crippen molar-refractivity contribution in [3.63, 3.8) is 0 Å². The molecule has 0 aliphatic heterocycles. The lowest BCUT2D eigenvalue weighted by atomic mass is 10.1. The number of anilines is 2. The third kappa shape index (κ3) is 5.90. The van der Waals surface area contributed by atoms with Crippen molar-refractivity contribution < 1.29 is 17.9 Å². The molecule has 2 N–H and O–H groups in total. The number of carbonyl (C=O) groups is 1. The van der Waals surface area contributed by atoms with Gasteiger partial charge in [0.2, 0.25) is 0 Å². The molecule has 0 radical (unpaired) electrons. The number of hydrogen-bond acceptors (Lipinski definition) is 5. The number of benzene rings is 2. The van der Waals surface area contributed by atoms with E-state index in [1.54, 1.807) is 41.8 Å². The maximum absolute atomic E-state index is 12.5. The van der Waals surface area contributed by atoms with Crippen LogP contribution in [0.2, 0.25) is 0 Å². The number of amides is 1. The fraction of sp³-hybridized carbons (Fsp3) is 0.190. The Kier molecular flexibility index (Phi) is 6.68. The molecule has 1 aromatic heterocycles. The minimum atomic E-state index is -3.61. The van der Waals surface area contributed by atoms with E-state index in [-0.39, 0.29) is 16.2 Å². The molecule has 2 aromatic carbocycles. The monoisotopic (exact) mass is 430 g/mol. The van der Waals surface area contributed by atoms with E-state index in [1.807, 2.05) is 32.0 Å². The van der Waals surface area contributed by atoms with Crippen molar-refractivity contribution >= 4 is 38.6 Å². The molecule has 3 rings (SSSR count). The third-order valence-corrected chi connectivity index (χ3v) is 6.71. The number of hydrogen-bond donors (Lipinski definition) is 2. The fourth-order valence-electron chi connectivity index (χ4n) is 2.52. The normalized spacial score (nSPS) is 11.4. The maximum atomic E-state index is 12.5. The first-order valence-corrected chi connectivity index (χ1v) is 11.4. The lowest BCUT2D eigenvalue weighted by molar-refractivity contribution is 0.0657. The molecule has 3 aromatic rings. The second-order valence-corrected chi connectivity index (χ2v) is 9.49. The molecular formula is C21H22N2O4S2. The van der Waals surface area contributed by atoms with Gasteiger partial charge in [-0.15, -0.1) is 11.3 Å². The number of carbonyl (C=O) groups excluding carboxylic acids is 1. The number of ether oxygens (including phenoxy) is 1. The zero-order valence-electron chi connectivity index (χ0n) is 16.1. The van der Waals surface area contributed by atoms with Gasteiger partial charge < -0.3 is 10.1 Å². The highest BCUT2D eigenvalue weighted by atomic mass is 32.2. The molecule has 152 valence electrons. The van der Waals surface area contributed by atoms with Crippen molar-refractivity contribution in [2.75, 3.05) is 10.0 Å². The quantitative estimate of drug-likeness (QED) is 0.541. The van der Waals surface area contributed by atoms with Crippen molar-refractivity contribution in [2.45, 2.75) is 30.8 Å². The Morgan fingerprint density at radius 3 is 2.45 bits per heavy atom. The van der Waals surface area contributed by atoms with Gasteiger partial charge in [-0.1, -0.05) is 18.2 Å². The van der Waals surface area contributed by atoms with Gasteiger partial charge in [-0.3, -0.25) is 9.52 Å². The molecule has 29 heavy (non-hydrogen) atoms. The van der Waals surface area contributed by atoms with Crippen molar-refractivity contribution in [2.24, 2.45) is 0 Å². The third-order valence-electron chi connectivity index (χ3n) is 3.93. The molecule has 0 spiro atoms. The van der Waals surface area contributed by atoms with Crippen LogP contribution in [0.4, 0.5) is 11.4 Å². The van der Waals surface area contributed by atoms with E-state index in [9.17, 15) is 13.2 Å². The average Bonchev–Trinajstić information content (AvgIpc) is 3.23. The zero-order valence-corrected chi connectivity index (χ0v) is 17.7. The minimum absolute atomic E-state index is 0.129. The lowest BCUT2D eigenvalue weighted by Gasteiger charge is -2.10. The van der Waals surface area contributed by atoms with Crippen LogP contribution >= 0.6 is 11.3 Å². The molecule has 1 heterocycles. The van der Waals surface area contributed by atoms with Gasteiger partial charge in [0.25, 0.3) is 15.9 Å². The SMILES string of the molecule is CC(C)OCc1cccc(NC(=O)c2ccc(NS(=O)(=O)c3cccs3)cc2)c1. The van der Waals surface area contributed by atoms with Gasteiger partial charge in [0.1, 0.15) is 4.21 Å². The van der Waals surface area contributed by atoms with Gasteiger partial charge in [0.15, 0.2) is 0 Å². The van der Waals surface area contributed by atoms with Crippen molar-refractivity contribution in [3.05, 3.63) is 77.2 Å². The largest absolute Gasteiger partial charge is 0.374 e. The first kappa shape index (κ1) is 21.0. The van der Waals surface area contributed by atoms with Gasteiger partial charge in [-0.2, -0.15) is 0 Å². The summed E-state index contributed by atoms with van der Waals surface area (Å²) in [5.74, 6) is -0.278. The Morgan fingerprint density at radius 1 is 1.03 bits per heavy atom. The standard InChI is InChI=1S/C21H22N2O4S2/c1-15(2)27-14-16-5-3-6-19(13-16)22-21(24)17-8-10-18(11-9-17)23-29(25,26)20-7-4-12-28-20/h3-13,15,23H,14H2,1-2H3,(H,22,24). The van der Waals surface area contributed by atoms with E-state index in [0.717, 1.165) is 16.9 Å². The number of rotatable bonds is 8. The molecule has 0 aliphatic rings. The van der Waals surface area contributed by atoms with E-state index in [4.69, 9.17) is 4.74 Å². The van der Waals surface area contributed by atoms with Crippen LogP contribution < -0.4 is 10.0 Å². The summed E-state index contributed by atoms with van der Waals surface area (Å²) in [6.45, 7) is 4.41. The molecule has 6 nitrogen and oxygen atoms in total. The molecular weight excluding hydrogens is 408 g/mol. The molecule has 0 atom stereocenters. The smallest absolute Gasteiger partial charge is 0.271 e. The molecule has 0 saturated heterocycles. The van der Waals surface area contributed by atoms with Crippen LogP contribution in [0.3, 0.4) is 0 Å². The predicted octanol–water partition coefficient (Wildman–Crippen LogP) is 4.73. The van der Waals surface area contributed by atoms with Crippen LogP contribution in [0, 0.1) is 0 Å². The van der Waals surface area contributed by atoms with Crippen LogP contribution in [0.25, 0.3) is 0 Å². The predicted molar refractivity (Wildman–Crippen MR) is 116 cm³/mol. The molecule has 0 unspecified atom stereocenters. The summed E-state index contributed by atoms with van der Waals surface area (Å²) in [4.78, 5) is 12.5. The molecule has 1 amide bonds. The number of thiophene rings is 1. The van der Waals surface area contributed by atoms with Gasteiger partial charge in [-0.05, 0) is 67.3 Å². The molecule has 0 saturated carbocycles. The van der Waals surface area contributed by atoms with Crippen molar-refractivity contribution in [1.82, 2.24) is 0 Å². The topological polar surface area (TPSA) is 84.5 Å². The highest BCUT2D eigenvalue weighted by Crippen LogP contribution is 2.21. The molecule has 8 heteroatoms. The Hall–Kier alpha value is -2.68. The van der Waals surface area contributed by atoms with Crippen LogP contribution in [-0.2, 0) is 21.4 Å². The Balaban J connectivity index is 1.64. The highest BCUT2D eigenvalue weighted by molar-refractivity contribution is 7.94. The van der Waals surface area contributed by atoms with E-state index in [1.165, 1.54) is 6.07 Å². The van der Waals surface area contributed by atoms with E-state index in [0.29, 0.717) is 23.5 Å². The summed E-state index contributed by atoms with van der Waals surface area (Å²) in [5, 5.41) is 4.55. The molecule has 0 fully saturated rings. The number of nitrogens with one attached hydrogen (secondary N) is 2. The summed E-state index contributed by atoms with van der Waals surface area (Å²) in [7, 11) is -3.61. The fourth-order valence-corrected chi connectivity index (χ4v) is 4.57. The lowest BCUT2D eigenvalue weighted by Crippen LogP contribution is -2.13. The zero-order chi connectivity index (χ0) is 20.9. The minimum Gasteiger partial charge on any atom is -0.374 e. The van der Waals surface area contributed by atoms with Gasteiger partial charge in [0.05, 0.1) is 12.7 Å². The van der Waals surface area contributed by atoms with Crippen molar-refractivity contribution in [1.29, 1.82) is 0 Å². The highest BCUT2D eigenvalue weighted by Gasteiger charge is 2.15. The first-order valence-electron chi connectivity index (χ1n) is 9.02. The van der Waals surface area contributed by atoms with Gasteiger partial charge >= 0.3 is 0 Å². The van der Waals surface area contributed by atoms with Crippen LogP contribution in [-0.4, -0.2) is 20.4 Å². The van der Waals surface area contributed by atoms with Crippen LogP contribution in [0.15, 0.2) is 70.3 Å². The molecule has 0 bridgehead atoms. The first-order chi connectivity index (χ1) is 13.8. The second-order valence-electron chi connectivity index (χ2n) is 6.63. The van der Waals surface area contributed by atoms with Gasteiger partial charge in [-0.25, -0.2) is 8.42 Å². The second kappa shape index (κ2) is 9.21. The summed E-state index contributed by atoms with van der Waals surface area (Å²) >= 11 is 1.14. The van der Waals surface area contributed by atoms with E-state index >= 15 is 0 Å². The molecule has 0 aliphatic carbocycles. The summed E-state index contributed by atoms with van der Waals surface area (Å²) in [6, 6.07) is 17.0. The summed E-state index contributed by atoms with van der Waals surface area (Å²) < 4.78 is 32.8. The van der Waals surface area contributed by atoms with Crippen LogP contribution in [0.1, 0.15) is 29.8 Å². The van der Waals surface area contributed by atoms with E-state index < -0.39 is 10.0 Å². The Bertz CT molecular complexity index is 1060. The van der Waals surface area contributed by atoms with Gasteiger partial charge in [0, 0.05) is 16.9 Å². The Labute approximate surface area is 174 Å². The van der Waals surface area contributed by atoms with E-state index in [2.05, 4.69) is 10.0 Å².